The third-order valence-electron chi connectivity index (χ3n) is 3.99. The molecule has 0 aliphatic heterocycles. The number of hydrazone groups is 1. The summed E-state index contributed by atoms with van der Waals surface area (Å²) in [7, 11) is 1.65. The van der Waals surface area contributed by atoms with Crippen LogP contribution >= 0.6 is 11.3 Å². The van der Waals surface area contributed by atoms with E-state index in [4.69, 9.17) is 14.2 Å². The number of ether oxygens (including phenoxy) is 3. The van der Waals surface area contributed by atoms with E-state index in [-0.39, 0.29) is 0 Å². The molecule has 0 saturated heterocycles. The van der Waals surface area contributed by atoms with Crippen molar-refractivity contribution in [3.05, 3.63) is 53.4 Å². The molecule has 3 aromatic rings. The molecule has 0 bridgehead atoms. The summed E-state index contributed by atoms with van der Waals surface area (Å²) in [5.74, 6) is 2.30. The molecule has 0 aliphatic rings. The Labute approximate surface area is 175 Å². The van der Waals surface area contributed by atoms with Crippen LogP contribution in [0, 0.1) is 0 Å². The van der Waals surface area contributed by atoms with Crippen molar-refractivity contribution in [1.82, 2.24) is 4.98 Å². The first-order chi connectivity index (χ1) is 14.2. The quantitative estimate of drug-likeness (QED) is 0.355. The molecule has 1 N–H and O–H groups in total. The maximum atomic E-state index is 5.73. The Hall–Kier alpha value is -3.06. The van der Waals surface area contributed by atoms with Crippen LogP contribution in [0.2, 0.25) is 0 Å². The van der Waals surface area contributed by atoms with E-state index in [2.05, 4.69) is 22.4 Å². The first-order valence-electron chi connectivity index (χ1n) is 9.52. The van der Waals surface area contributed by atoms with E-state index in [1.54, 1.807) is 13.3 Å². The lowest BCUT2D eigenvalue weighted by molar-refractivity contribution is 0.277. The molecule has 0 atom stereocenters. The summed E-state index contributed by atoms with van der Waals surface area (Å²) in [5, 5.41) is 7.01. The Kier molecular flexibility index (Phi) is 7.47. The van der Waals surface area contributed by atoms with E-state index in [1.165, 1.54) is 11.3 Å². The molecular weight excluding hydrogens is 386 g/mol. The minimum atomic E-state index is 0.578. The van der Waals surface area contributed by atoms with Crippen molar-refractivity contribution in [2.24, 2.45) is 5.10 Å². The predicted octanol–water partition coefficient (Wildman–Crippen LogP) is 5.45. The van der Waals surface area contributed by atoms with Gasteiger partial charge in [0.25, 0.3) is 0 Å². The van der Waals surface area contributed by atoms with Gasteiger partial charge < -0.3 is 14.2 Å². The fraction of sp³-hybridized carbons (Fsp3) is 0.273. The van der Waals surface area contributed by atoms with Crippen molar-refractivity contribution in [3.8, 4) is 28.5 Å². The molecule has 1 heterocycles. The van der Waals surface area contributed by atoms with Crippen LogP contribution in [-0.4, -0.2) is 31.5 Å². The van der Waals surface area contributed by atoms with Gasteiger partial charge in [-0.25, -0.2) is 4.98 Å². The smallest absolute Gasteiger partial charge is 0.203 e. The second kappa shape index (κ2) is 10.5. The summed E-state index contributed by atoms with van der Waals surface area (Å²) in [6.45, 7) is 5.27. The third-order valence-corrected chi connectivity index (χ3v) is 4.74. The molecule has 152 valence electrons. The molecule has 0 saturated carbocycles. The monoisotopic (exact) mass is 411 g/mol. The van der Waals surface area contributed by atoms with Crippen molar-refractivity contribution < 1.29 is 14.2 Å². The number of rotatable bonds is 10. The van der Waals surface area contributed by atoms with Gasteiger partial charge in [-0.05, 0) is 61.4 Å². The lowest BCUT2D eigenvalue weighted by atomic mass is 10.2. The largest absolute Gasteiger partial charge is 0.497 e. The molecule has 0 spiro atoms. The van der Waals surface area contributed by atoms with Gasteiger partial charge in [0, 0.05) is 10.9 Å². The highest BCUT2D eigenvalue weighted by molar-refractivity contribution is 7.14. The van der Waals surface area contributed by atoms with E-state index in [0.29, 0.717) is 13.2 Å². The highest BCUT2D eigenvalue weighted by Crippen LogP contribution is 2.29. The van der Waals surface area contributed by atoms with Crippen molar-refractivity contribution in [3.63, 3.8) is 0 Å². The van der Waals surface area contributed by atoms with Gasteiger partial charge in [0.05, 0.1) is 32.2 Å². The number of benzene rings is 2. The molecule has 0 aliphatic carbocycles. The van der Waals surface area contributed by atoms with Gasteiger partial charge >= 0.3 is 0 Å². The molecule has 6 nitrogen and oxygen atoms in total. The van der Waals surface area contributed by atoms with E-state index in [9.17, 15) is 0 Å². The maximum Gasteiger partial charge on any atom is 0.203 e. The van der Waals surface area contributed by atoms with Crippen molar-refractivity contribution >= 4 is 22.7 Å². The lowest BCUT2D eigenvalue weighted by Crippen LogP contribution is -2.00. The fourth-order valence-electron chi connectivity index (χ4n) is 2.59. The number of hydrogen-bond donors (Lipinski definition) is 1. The minimum absolute atomic E-state index is 0.578. The summed E-state index contributed by atoms with van der Waals surface area (Å²) in [5.41, 5.74) is 5.83. The molecule has 3 rings (SSSR count). The van der Waals surface area contributed by atoms with Gasteiger partial charge in [0.2, 0.25) is 5.13 Å². The standard InChI is InChI=1S/C22H25N3O3S/c1-4-12-28-20-11-6-16(13-21(20)27-5-2)14-23-25-22-24-19(15-29-22)17-7-9-18(26-3)10-8-17/h6-11,13-15H,4-5,12H2,1-3H3,(H,24,25)/b23-14-. The molecule has 0 radical (unpaired) electrons. The summed E-state index contributed by atoms with van der Waals surface area (Å²) in [4.78, 5) is 4.57. The number of methoxy groups -OCH3 is 1. The molecule has 29 heavy (non-hydrogen) atoms. The molecular formula is C22H25N3O3S. The topological polar surface area (TPSA) is 65.0 Å². The number of aromatic nitrogens is 1. The van der Waals surface area contributed by atoms with Gasteiger partial charge in [0.1, 0.15) is 5.75 Å². The Morgan fingerprint density at radius 1 is 1.07 bits per heavy atom. The summed E-state index contributed by atoms with van der Waals surface area (Å²) in [6.07, 6.45) is 2.69. The summed E-state index contributed by atoms with van der Waals surface area (Å²) >= 11 is 1.50. The lowest BCUT2D eigenvalue weighted by Gasteiger charge is -2.11. The minimum Gasteiger partial charge on any atom is -0.497 e. The predicted molar refractivity (Wildman–Crippen MR) is 119 cm³/mol. The Bertz CT molecular complexity index is 939. The second-order valence-electron chi connectivity index (χ2n) is 6.12. The zero-order valence-electron chi connectivity index (χ0n) is 16.8. The SMILES string of the molecule is CCCOc1ccc(/C=N\Nc2nc(-c3ccc(OC)cc3)cs2)cc1OCC. The van der Waals surface area contributed by atoms with E-state index in [1.807, 2.05) is 54.8 Å². The average Bonchev–Trinajstić information content (AvgIpc) is 3.22. The van der Waals surface area contributed by atoms with Crippen molar-refractivity contribution in [2.75, 3.05) is 25.7 Å². The van der Waals surface area contributed by atoms with Crippen LogP contribution in [0.5, 0.6) is 17.2 Å². The van der Waals surface area contributed by atoms with Gasteiger partial charge in [-0.3, -0.25) is 5.43 Å². The fourth-order valence-corrected chi connectivity index (χ4v) is 3.25. The first-order valence-corrected chi connectivity index (χ1v) is 10.4. The number of hydrogen-bond acceptors (Lipinski definition) is 7. The van der Waals surface area contributed by atoms with Crippen molar-refractivity contribution in [2.45, 2.75) is 20.3 Å². The zero-order chi connectivity index (χ0) is 20.5. The van der Waals surface area contributed by atoms with Gasteiger partial charge in [-0.1, -0.05) is 6.92 Å². The van der Waals surface area contributed by atoms with Gasteiger partial charge in [-0.2, -0.15) is 5.10 Å². The van der Waals surface area contributed by atoms with Crippen LogP contribution in [0.15, 0.2) is 52.9 Å². The highest BCUT2D eigenvalue weighted by atomic mass is 32.1. The molecule has 0 amide bonds. The first kappa shape index (κ1) is 20.7. The Balaban J connectivity index is 1.65. The normalized spacial score (nSPS) is 10.9. The number of nitrogens with zero attached hydrogens (tertiary/aromatic N) is 2. The summed E-state index contributed by atoms with van der Waals surface area (Å²) < 4.78 is 16.6. The van der Waals surface area contributed by atoms with Crippen LogP contribution in [0.1, 0.15) is 25.8 Å². The molecule has 0 fully saturated rings. The van der Waals surface area contributed by atoms with E-state index in [0.717, 1.165) is 45.6 Å². The van der Waals surface area contributed by atoms with Crippen LogP contribution in [-0.2, 0) is 0 Å². The molecule has 0 unspecified atom stereocenters. The molecule has 1 aromatic heterocycles. The Morgan fingerprint density at radius 3 is 2.62 bits per heavy atom. The Morgan fingerprint density at radius 2 is 1.90 bits per heavy atom. The van der Waals surface area contributed by atoms with Crippen molar-refractivity contribution in [1.29, 1.82) is 0 Å². The van der Waals surface area contributed by atoms with Crippen LogP contribution in [0.25, 0.3) is 11.3 Å². The maximum absolute atomic E-state index is 5.73. The van der Waals surface area contributed by atoms with Crippen LogP contribution < -0.4 is 19.6 Å². The van der Waals surface area contributed by atoms with Crippen LogP contribution in [0.3, 0.4) is 0 Å². The van der Waals surface area contributed by atoms with Gasteiger partial charge in [-0.15, -0.1) is 11.3 Å². The number of anilines is 1. The highest BCUT2D eigenvalue weighted by Gasteiger charge is 2.06. The molecule has 7 heteroatoms. The van der Waals surface area contributed by atoms with E-state index >= 15 is 0 Å². The zero-order valence-corrected chi connectivity index (χ0v) is 17.7. The summed E-state index contributed by atoms with van der Waals surface area (Å²) in [6, 6.07) is 13.6. The number of thiazole rings is 1. The van der Waals surface area contributed by atoms with E-state index < -0.39 is 0 Å². The molecule has 2 aromatic carbocycles. The van der Waals surface area contributed by atoms with Gasteiger partial charge in [0.15, 0.2) is 11.5 Å². The second-order valence-corrected chi connectivity index (χ2v) is 6.98. The average molecular weight is 412 g/mol. The number of nitrogens with one attached hydrogen (secondary N) is 1. The third kappa shape index (κ3) is 5.71. The van der Waals surface area contributed by atoms with Crippen LogP contribution in [0.4, 0.5) is 5.13 Å².